The van der Waals surface area contributed by atoms with Crippen molar-refractivity contribution in [3.63, 3.8) is 0 Å². The van der Waals surface area contributed by atoms with E-state index in [1.807, 2.05) is 13.8 Å². The molecular weight excluding hydrogens is 220 g/mol. The number of carbonyl (C=O) groups is 2. The third kappa shape index (κ3) is 5.68. The molecule has 5 heteroatoms. The van der Waals surface area contributed by atoms with Crippen LogP contribution in [0.5, 0.6) is 0 Å². The highest BCUT2D eigenvalue weighted by molar-refractivity contribution is 5.89. The van der Waals surface area contributed by atoms with Crippen LogP contribution in [0.1, 0.15) is 27.2 Å². The molecule has 0 aromatic rings. The van der Waals surface area contributed by atoms with Crippen LogP contribution in [0.2, 0.25) is 0 Å². The number of hydrogen-bond donors (Lipinski definition) is 1. The Morgan fingerprint density at radius 2 is 1.76 bits per heavy atom. The maximum Gasteiger partial charge on any atom is 0.249 e. The number of likely N-dealkylation sites (N-methyl/N-ethyl adjacent to an activating group) is 1. The molecule has 0 spiro atoms. The summed E-state index contributed by atoms with van der Waals surface area (Å²) in [5, 5.41) is 2.72. The first-order valence-electron chi connectivity index (χ1n) is 5.83. The largest absolute Gasteiger partial charge is 0.372 e. The molecule has 0 aliphatic heterocycles. The van der Waals surface area contributed by atoms with Crippen molar-refractivity contribution >= 4 is 11.8 Å². The van der Waals surface area contributed by atoms with Gasteiger partial charge >= 0.3 is 0 Å². The number of rotatable bonds is 6. The average molecular weight is 244 g/mol. The van der Waals surface area contributed by atoms with Gasteiger partial charge in [0.05, 0.1) is 0 Å². The number of amides is 2. The summed E-state index contributed by atoms with van der Waals surface area (Å²) in [6.07, 6.45) is 0.0822. The lowest BCUT2D eigenvalue weighted by atomic mass is 10.0. The van der Waals surface area contributed by atoms with Crippen molar-refractivity contribution in [2.75, 3.05) is 21.2 Å². The molecule has 0 heterocycles. The minimum Gasteiger partial charge on any atom is -0.372 e. The predicted molar refractivity (Wildman–Crippen MR) is 66.6 cm³/mol. The third-order valence-corrected chi connectivity index (χ3v) is 2.49. The molecule has 0 radical (unpaired) electrons. The maximum atomic E-state index is 11.9. The lowest BCUT2D eigenvalue weighted by Gasteiger charge is -2.24. The van der Waals surface area contributed by atoms with Crippen molar-refractivity contribution in [3.05, 3.63) is 0 Å². The molecule has 5 nitrogen and oxygen atoms in total. The molecule has 0 aromatic heterocycles. The quantitative estimate of drug-likeness (QED) is 0.746. The van der Waals surface area contributed by atoms with E-state index in [0.717, 1.165) is 0 Å². The zero-order valence-corrected chi connectivity index (χ0v) is 11.6. The summed E-state index contributed by atoms with van der Waals surface area (Å²) >= 11 is 0. The second-order valence-corrected chi connectivity index (χ2v) is 4.80. The summed E-state index contributed by atoms with van der Waals surface area (Å²) in [5.41, 5.74) is 0. The Labute approximate surface area is 103 Å². The van der Waals surface area contributed by atoms with Gasteiger partial charge < -0.3 is 15.0 Å². The third-order valence-electron chi connectivity index (χ3n) is 2.49. The smallest absolute Gasteiger partial charge is 0.249 e. The molecule has 2 amide bonds. The first-order valence-corrected chi connectivity index (χ1v) is 5.83. The summed E-state index contributed by atoms with van der Waals surface area (Å²) < 4.78 is 4.92. The standard InChI is InChI=1S/C12H24N2O3/c1-8(2)7-10(12(16)14(4)5)13-11(15)9(3)17-6/h8-10H,7H2,1-6H3,(H,13,15). The Hall–Kier alpha value is -1.10. The van der Waals surface area contributed by atoms with Crippen LogP contribution in [0.3, 0.4) is 0 Å². The molecule has 1 N–H and O–H groups in total. The van der Waals surface area contributed by atoms with E-state index in [4.69, 9.17) is 4.74 Å². The zero-order chi connectivity index (χ0) is 13.6. The molecule has 0 rings (SSSR count). The summed E-state index contributed by atoms with van der Waals surface area (Å²) in [4.78, 5) is 25.1. The first-order chi connectivity index (χ1) is 7.79. The van der Waals surface area contributed by atoms with Gasteiger partial charge in [0, 0.05) is 21.2 Å². The summed E-state index contributed by atoms with van der Waals surface area (Å²) in [6.45, 7) is 5.69. The average Bonchev–Trinajstić information content (AvgIpc) is 2.24. The van der Waals surface area contributed by atoms with Gasteiger partial charge in [-0.05, 0) is 19.3 Å². The summed E-state index contributed by atoms with van der Waals surface area (Å²) in [5.74, 6) is -0.00856. The zero-order valence-electron chi connectivity index (χ0n) is 11.6. The molecule has 0 bridgehead atoms. The van der Waals surface area contributed by atoms with Gasteiger partial charge in [0.1, 0.15) is 12.1 Å². The molecule has 100 valence electrons. The van der Waals surface area contributed by atoms with Crippen molar-refractivity contribution in [2.45, 2.75) is 39.3 Å². The number of nitrogens with one attached hydrogen (secondary N) is 1. The van der Waals surface area contributed by atoms with E-state index in [2.05, 4.69) is 5.32 Å². The van der Waals surface area contributed by atoms with Crippen LogP contribution in [0.15, 0.2) is 0 Å². The highest BCUT2D eigenvalue weighted by Crippen LogP contribution is 2.07. The maximum absolute atomic E-state index is 11.9. The molecule has 0 saturated carbocycles. The van der Waals surface area contributed by atoms with E-state index in [1.54, 1.807) is 21.0 Å². The van der Waals surface area contributed by atoms with Crippen molar-refractivity contribution in [1.29, 1.82) is 0 Å². The number of ether oxygens (including phenoxy) is 1. The number of hydrogen-bond acceptors (Lipinski definition) is 3. The van der Waals surface area contributed by atoms with E-state index in [0.29, 0.717) is 12.3 Å². The minimum absolute atomic E-state index is 0.0876. The Kier molecular flexibility index (Phi) is 6.80. The summed E-state index contributed by atoms with van der Waals surface area (Å²) in [7, 11) is 4.83. The fourth-order valence-corrected chi connectivity index (χ4v) is 1.40. The van der Waals surface area contributed by atoms with Crippen molar-refractivity contribution in [2.24, 2.45) is 5.92 Å². The molecular formula is C12H24N2O3. The number of carbonyl (C=O) groups excluding carboxylic acids is 2. The van der Waals surface area contributed by atoms with Gasteiger partial charge in [-0.15, -0.1) is 0 Å². The van der Waals surface area contributed by atoms with Crippen LogP contribution in [-0.4, -0.2) is 50.1 Å². The second kappa shape index (κ2) is 7.27. The molecule has 2 unspecified atom stereocenters. The van der Waals surface area contributed by atoms with Crippen LogP contribution < -0.4 is 5.32 Å². The Bertz CT molecular complexity index is 264. The SMILES string of the molecule is COC(C)C(=O)NC(CC(C)C)C(=O)N(C)C. The Balaban J connectivity index is 4.59. The van der Waals surface area contributed by atoms with Crippen molar-refractivity contribution < 1.29 is 14.3 Å². The van der Waals surface area contributed by atoms with Crippen LogP contribution >= 0.6 is 0 Å². The van der Waals surface area contributed by atoms with Gasteiger partial charge in [-0.25, -0.2) is 0 Å². The highest BCUT2D eigenvalue weighted by atomic mass is 16.5. The summed E-state index contributed by atoms with van der Waals surface area (Å²) in [6, 6.07) is -0.477. The van der Waals surface area contributed by atoms with E-state index >= 15 is 0 Å². The lowest BCUT2D eigenvalue weighted by molar-refractivity contribution is -0.138. The van der Waals surface area contributed by atoms with Gasteiger partial charge in [0.25, 0.3) is 0 Å². The molecule has 0 saturated heterocycles. The van der Waals surface area contributed by atoms with Crippen LogP contribution in [0.4, 0.5) is 0 Å². The van der Waals surface area contributed by atoms with Crippen LogP contribution in [-0.2, 0) is 14.3 Å². The number of nitrogens with zero attached hydrogens (tertiary/aromatic N) is 1. The molecule has 0 aromatic carbocycles. The van der Waals surface area contributed by atoms with Gasteiger partial charge in [-0.2, -0.15) is 0 Å². The molecule has 0 fully saturated rings. The van der Waals surface area contributed by atoms with Gasteiger partial charge in [-0.3, -0.25) is 9.59 Å². The topological polar surface area (TPSA) is 58.6 Å². The minimum atomic E-state index is -0.542. The lowest BCUT2D eigenvalue weighted by Crippen LogP contribution is -2.49. The van der Waals surface area contributed by atoms with Gasteiger partial charge in [0.2, 0.25) is 11.8 Å². The van der Waals surface area contributed by atoms with Gasteiger partial charge in [0.15, 0.2) is 0 Å². The van der Waals surface area contributed by atoms with Crippen molar-refractivity contribution in [3.8, 4) is 0 Å². The van der Waals surface area contributed by atoms with Gasteiger partial charge in [-0.1, -0.05) is 13.8 Å². The number of methoxy groups -OCH3 is 1. The molecule has 17 heavy (non-hydrogen) atoms. The van der Waals surface area contributed by atoms with E-state index < -0.39 is 12.1 Å². The highest BCUT2D eigenvalue weighted by Gasteiger charge is 2.25. The normalized spacial score (nSPS) is 14.3. The van der Waals surface area contributed by atoms with E-state index in [9.17, 15) is 9.59 Å². The van der Waals surface area contributed by atoms with E-state index in [-0.39, 0.29) is 11.8 Å². The molecule has 2 atom stereocenters. The monoisotopic (exact) mass is 244 g/mol. The van der Waals surface area contributed by atoms with Crippen LogP contribution in [0.25, 0.3) is 0 Å². The van der Waals surface area contributed by atoms with Crippen molar-refractivity contribution in [1.82, 2.24) is 10.2 Å². The Morgan fingerprint density at radius 1 is 1.24 bits per heavy atom. The van der Waals surface area contributed by atoms with Crippen LogP contribution in [0, 0.1) is 5.92 Å². The predicted octanol–water partition coefficient (Wildman–Crippen LogP) is 0.640. The molecule has 0 aliphatic rings. The fourth-order valence-electron chi connectivity index (χ4n) is 1.40. The fraction of sp³-hybridized carbons (Fsp3) is 0.833. The van der Waals surface area contributed by atoms with E-state index in [1.165, 1.54) is 12.0 Å². The first kappa shape index (κ1) is 15.9. The Morgan fingerprint density at radius 3 is 2.12 bits per heavy atom. The second-order valence-electron chi connectivity index (χ2n) is 4.80. The molecule has 0 aliphatic carbocycles.